The number of hydrogen-bond acceptors (Lipinski definition) is 1. The van der Waals surface area contributed by atoms with Crippen LogP contribution >= 0.6 is 0 Å². The molecule has 0 atom stereocenters. The minimum absolute atomic E-state index is 0.199. The lowest BCUT2D eigenvalue weighted by atomic mass is 9.89. The van der Waals surface area contributed by atoms with Gasteiger partial charge in [-0.1, -0.05) is 43.3 Å². The van der Waals surface area contributed by atoms with Crippen LogP contribution in [0.4, 0.5) is 26.3 Å². The number of aliphatic hydroxyl groups is 1. The molecule has 7 heteroatoms. The number of benzene rings is 1. The van der Waals surface area contributed by atoms with Gasteiger partial charge < -0.3 is 5.11 Å². The van der Waals surface area contributed by atoms with E-state index in [1.807, 2.05) is 0 Å². The quantitative estimate of drug-likeness (QED) is 0.797. The summed E-state index contributed by atoms with van der Waals surface area (Å²) < 4.78 is 76.3. The van der Waals surface area contributed by atoms with E-state index in [1.165, 1.54) is 30.3 Å². The smallest absolute Gasteiger partial charge is 0.373 e. The van der Waals surface area contributed by atoms with Crippen LogP contribution in [0.5, 0.6) is 0 Å². The molecule has 0 unspecified atom stereocenters. The van der Waals surface area contributed by atoms with Gasteiger partial charge in [-0.15, -0.1) is 0 Å². The Bertz CT molecular complexity index is 472. The molecular weight excluding hydrogens is 298 g/mol. The highest BCUT2D eigenvalue weighted by atomic mass is 19.4. The van der Waals surface area contributed by atoms with Gasteiger partial charge in [0.1, 0.15) is 0 Å². The predicted molar refractivity (Wildman–Crippen MR) is 66.4 cm³/mol. The van der Waals surface area contributed by atoms with Gasteiger partial charge in [0.05, 0.1) is 0 Å². The molecular formula is C14H14F6O. The fourth-order valence-corrected chi connectivity index (χ4v) is 1.83. The van der Waals surface area contributed by atoms with E-state index >= 15 is 0 Å². The lowest BCUT2D eigenvalue weighted by molar-refractivity contribution is -0.365. The summed E-state index contributed by atoms with van der Waals surface area (Å²) in [7, 11) is 0. The Labute approximate surface area is 117 Å². The van der Waals surface area contributed by atoms with Crippen LogP contribution in [0.1, 0.15) is 25.3 Å². The maximum atomic E-state index is 12.7. The molecule has 0 aromatic heterocycles. The van der Waals surface area contributed by atoms with E-state index in [1.54, 1.807) is 13.0 Å². The number of allylic oxidation sites excluding steroid dienone is 1. The molecule has 1 aromatic rings. The molecule has 0 heterocycles. The van der Waals surface area contributed by atoms with Gasteiger partial charge in [-0.3, -0.25) is 0 Å². The molecule has 0 aliphatic heterocycles. The first-order valence-corrected chi connectivity index (χ1v) is 6.13. The minimum Gasteiger partial charge on any atom is -0.373 e. The predicted octanol–water partition coefficient (Wildman–Crippen LogP) is 4.73. The molecule has 0 aliphatic rings. The van der Waals surface area contributed by atoms with Crippen LogP contribution < -0.4 is 0 Å². The average Bonchev–Trinajstić information content (AvgIpc) is 2.36. The third kappa shape index (κ3) is 3.78. The minimum atomic E-state index is -5.81. The Morgan fingerprint density at radius 1 is 1.00 bits per heavy atom. The molecule has 21 heavy (non-hydrogen) atoms. The zero-order valence-corrected chi connectivity index (χ0v) is 11.1. The van der Waals surface area contributed by atoms with E-state index in [9.17, 15) is 31.4 Å². The van der Waals surface area contributed by atoms with Gasteiger partial charge in [0.2, 0.25) is 0 Å². The van der Waals surface area contributed by atoms with Crippen molar-refractivity contribution in [3.05, 3.63) is 42.0 Å². The first kappa shape index (κ1) is 17.6. The van der Waals surface area contributed by atoms with Gasteiger partial charge in [-0.2, -0.15) is 26.3 Å². The van der Waals surface area contributed by atoms with Crippen molar-refractivity contribution in [2.45, 2.75) is 37.7 Å². The molecule has 1 nitrogen and oxygen atoms in total. The SMILES string of the molecule is CCC=C(CC(O)(C(F)(F)F)C(F)(F)F)c1ccccc1. The maximum absolute atomic E-state index is 12.7. The Morgan fingerprint density at radius 3 is 1.86 bits per heavy atom. The monoisotopic (exact) mass is 312 g/mol. The maximum Gasteiger partial charge on any atom is 0.426 e. The fourth-order valence-electron chi connectivity index (χ4n) is 1.83. The van der Waals surface area contributed by atoms with Crippen LogP contribution in [0.15, 0.2) is 36.4 Å². The van der Waals surface area contributed by atoms with Crippen molar-refractivity contribution in [1.82, 2.24) is 0 Å². The van der Waals surface area contributed by atoms with Crippen molar-refractivity contribution in [2.24, 2.45) is 0 Å². The lowest BCUT2D eigenvalue weighted by Gasteiger charge is -2.33. The van der Waals surface area contributed by atoms with E-state index < -0.39 is 24.4 Å². The molecule has 0 saturated heterocycles. The van der Waals surface area contributed by atoms with Crippen molar-refractivity contribution < 1.29 is 31.4 Å². The first-order valence-electron chi connectivity index (χ1n) is 6.13. The number of hydrogen-bond donors (Lipinski definition) is 1. The van der Waals surface area contributed by atoms with E-state index in [0.29, 0.717) is 0 Å². The van der Waals surface area contributed by atoms with Crippen LogP contribution in [-0.2, 0) is 0 Å². The fraction of sp³-hybridized carbons (Fsp3) is 0.429. The first-order chi connectivity index (χ1) is 9.53. The van der Waals surface area contributed by atoms with E-state index in [2.05, 4.69) is 0 Å². The van der Waals surface area contributed by atoms with Gasteiger partial charge in [0, 0.05) is 6.42 Å². The van der Waals surface area contributed by atoms with Gasteiger partial charge in [-0.05, 0) is 17.6 Å². The van der Waals surface area contributed by atoms with Crippen molar-refractivity contribution in [3.63, 3.8) is 0 Å². The highest BCUT2D eigenvalue weighted by molar-refractivity contribution is 5.66. The summed E-state index contributed by atoms with van der Waals surface area (Å²) in [5.41, 5.74) is -4.75. The van der Waals surface area contributed by atoms with Crippen molar-refractivity contribution in [1.29, 1.82) is 0 Å². The summed E-state index contributed by atoms with van der Waals surface area (Å²) in [5, 5.41) is 9.25. The summed E-state index contributed by atoms with van der Waals surface area (Å²) in [6, 6.07) is 7.38. The molecule has 0 saturated carbocycles. The van der Waals surface area contributed by atoms with E-state index in [4.69, 9.17) is 0 Å². The summed E-state index contributed by atoms with van der Waals surface area (Å²) >= 11 is 0. The number of alkyl halides is 6. The van der Waals surface area contributed by atoms with Crippen LogP contribution in [0, 0.1) is 0 Å². The molecule has 0 bridgehead atoms. The van der Waals surface area contributed by atoms with Crippen LogP contribution in [0.2, 0.25) is 0 Å². The second kappa shape index (κ2) is 6.09. The second-order valence-corrected chi connectivity index (χ2v) is 4.54. The molecule has 1 rings (SSSR count). The van der Waals surface area contributed by atoms with Gasteiger partial charge in [-0.25, -0.2) is 0 Å². The molecule has 0 fully saturated rings. The number of rotatable bonds is 4. The largest absolute Gasteiger partial charge is 0.426 e. The second-order valence-electron chi connectivity index (χ2n) is 4.54. The zero-order chi connectivity index (χ0) is 16.3. The van der Waals surface area contributed by atoms with Crippen molar-refractivity contribution >= 4 is 5.57 Å². The third-order valence-electron chi connectivity index (χ3n) is 2.98. The normalized spacial score (nSPS) is 14.4. The Hall–Kier alpha value is -1.50. The molecule has 1 aromatic carbocycles. The summed E-state index contributed by atoms with van der Waals surface area (Å²) in [5.74, 6) is 0. The Kier molecular flexibility index (Phi) is 5.09. The molecule has 0 amide bonds. The Balaban J connectivity index is 3.26. The summed E-state index contributed by atoms with van der Waals surface area (Å²) in [6.07, 6.45) is -11.7. The van der Waals surface area contributed by atoms with Crippen LogP contribution in [-0.4, -0.2) is 23.1 Å². The number of halogens is 6. The third-order valence-corrected chi connectivity index (χ3v) is 2.98. The van der Waals surface area contributed by atoms with Gasteiger partial charge >= 0.3 is 12.4 Å². The summed E-state index contributed by atoms with van der Waals surface area (Å²) in [4.78, 5) is 0. The zero-order valence-electron chi connectivity index (χ0n) is 11.1. The van der Waals surface area contributed by atoms with Crippen LogP contribution in [0.25, 0.3) is 5.57 Å². The summed E-state index contributed by atoms with van der Waals surface area (Å²) in [6.45, 7) is 1.59. The van der Waals surface area contributed by atoms with Crippen molar-refractivity contribution in [3.8, 4) is 0 Å². The standard InChI is InChI=1S/C14H14F6O/c1-2-6-11(10-7-4-3-5-8-10)9-12(21,13(15,16)17)14(18,19)20/h3-8,21H,2,9H2,1H3. The van der Waals surface area contributed by atoms with Gasteiger partial charge in [0.25, 0.3) is 5.60 Å². The van der Waals surface area contributed by atoms with Gasteiger partial charge in [0.15, 0.2) is 0 Å². The molecule has 0 spiro atoms. The topological polar surface area (TPSA) is 20.2 Å². The Morgan fingerprint density at radius 2 is 1.48 bits per heavy atom. The average molecular weight is 312 g/mol. The van der Waals surface area contributed by atoms with E-state index in [-0.39, 0.29) is 17.6 Å². The molecule has 0 aliphatic carbocycles. The van der Waals surface area contributed by atoms with E-state index in [0.717, 1.165) is 0 Å². The van der Waals surface area contributed by atoms with Crippen molar-refractivity contribution in [2.75, 3.05) is 0 Å². The highest BCUT2D eigenvalue weighted by Gasteiger charge is 2.70. The van der Waals surface area contributed by atoms with Crippen LogP contribution in [0.3, 0.4) is 0 Å². The molecule has 0 radical (unpaired) electrons. The lowest BCUT2D eigenvalue weighted by Crippen LogP contribution is -2.56. The molecule has 118 valence electrons. The highest BCUT2D eigenvalue weighted by Crippen LogP contribution is 2.47. The molecule has 1 N–H and O–H groups in total.